The Morgan fingerprint density at radius 2 is 1.95 bits per heavy atom. The lowest BCUT2D eigenvalue weighted by atomic mass is 9.86. The largest absolute Gasteiger partial charge is 0.493 e. The smallest absolute Gasteiger partial charge is 0.123 e. The van der Waals surface area contributed by atoms with Crippen molar-refractivity contribution in [2.75, 3.05) is 13.2 Å². The number of hydrogen-bond acceptors (Lipinski definition) is 1. The summed E-state index contributed by atoms with van der Waals surface area (Å²) in [4.78, 5) is 0. The van der Waals surface area contributed by atoms with Gasteiger partial charge in [-0.1, -0.05) is 39.3 Å². The van der Waals surface area contributed by atoms with Crippen LogP contribution in [0.1, 0.15) is 59.4 Å². The van der Waals surface area contributed by atoms with Gasteiger partial charge in [0.25, 0.3) is 0 Å². The van der Waals surface area contributed by atoms with Gasteiger partial charge in [-0.3, -0.25) is 0 Å². The van der Waals surface area contributed by atoms with Crippen molar-refractivity contribution in [1.82, 2.24) is 0 Å². The summed E-state index contributed by atoms with van der Waals surface area (Å²) >= 11 is 6.11. The number of nitrogens with two attached hydrogens (primary N) is 1. The summed E-state index contributed by atoms with van der Waals surface area (Å²) in [5, 5.41) is 3.19. The molecule has 120 valence electrons. The molecule has 0 aliphatic rings. The number of benzene rings is 1. The third-order valence-electron chi connectivity index (χ3n) is 3.82. The first-order valence-corrected chi connectivity index (χ1v) is 8.48. The van der Waals surface area contributed by atoms with Crippen LogP contribution in [0.15, 0.2) is 18.2 Å². The van der Waals surface area contributed by atoms with Gasteiger partial charge in [0.2, 0.25) is 0 Å². The van der Waals surface area contributed by atoms with Crippen molar-refractivity contribution in [3.8, 4) is 5.75 Å². The average molecular weight is 313 g/mol. The second-order valence-electron chi connectivity index (χ2n) is 6.86. The van der Waals surface area contributed by atoms with Crippen molar-refractivity contribution in [2.24, 2.45) is 0 Å². The van der Waals surface area contributed by atoms with Gasteiger partial charge in [-0.2, -0.15) is 0 Å². The molecule has 0 aromatic heterocycles. The Morgan fingerprint density at radius 1 is 1.24 bits per heavy atom. The summed E-state index contributed by atoms with van der Waals surface area (Å²) in [7, 11) is 0. The first-order chi connectivity index (χ1) is 9.84. The van der Waals surface area contributed by atoms with Crippen molar-refractivity contribution in [3.05, 3.63) is 28.8 Å². The van der Waals surface area contributed by atoms with Gasteiger partial charge >= 0.3 is 0 Å². The fourth-order valence-corrected chi connectivity index (χ4v) is 2.38. The van der Waals surface area contributed by atoms with E-state index >= 15 is 0 Å². The summed E-state index contributed by atoms with van der Waals surface area (Å²) < 4.78 is 5.98. The molecule has 1 aromatic carbocycles. The van der Waals surface area contributed by atoms with E-state index in [1.54, 1.807) is 0 Å². The fraction of sp³-hybridized carbons (Fsp3) is 0.667. The lowest BCUT2D eigenvalue weighted by Crippen LogP contribution is -2.89. The molecule has 3 heteroatoms. The minimum absolute atomic E-state index is 0.0462. The zero-order chi connectivity index (χ0) is 15.9. The Hall–Kier alpha value is -0.730. The SMILES string of the molecule is CC[C@@H](C)[NH2+]CCCCOc1ccc(Cl)cc1C(C)(C)C. The molecule has 0 saturated carbocycles. The van der Waals surface area contributed by atoms with Gasteiger partial charge in [-0.05, 0) is 49.8 Å². The summed E-state index contributed by atoms with van der Waals surface area (Å²) in [6, 6.07) is 6.65. The molecule has 0 amide bonds. The Kier molecular flexibility index (Phi) is 7.55. The maximum atomic E-state index is 6.11. The molecule has 2 nitrogen and oxygen atoms in total. The van der Waals surface area contributed by atoms with Crippen LogP contribution in [-0.4, -0.2) is 19.2 Å². The van der Waals surface area contributed by atoms with Gasteiger partial charge < -0.3 is 10.1 Å². The van der Waals surface area contributed by atoms with Crippen LogP contribution in [0.2, 0.25) is 5.02 Å². The number of rotatable bonds is 8. The highest BCUT2D eigenvalue weighted by molar-refractivity contribution is 6.30. The van der Waals surface area contributed by atoms with Crippen molar-refractivity contribution >= 4 is 11.6 Å². The van der Waals surface area contributed by atoms with Crippen LogP contribution >= 0.6 is 11.6 Å². The zero-order valence-electron chi connectivity index (χ0n) is 14.2. The fourth-order valence-electron chi connectivity index (χ4n) is 2.21. The molecule has 0 heterocycles. The zero-order valence-corrected chi connectivity index (χ0v) is 15.0. The van der Waals surface area contributed by atoms with E-state index in [1.807, 2.05) is 18.2 Å². The summed E-state index contributed by atoms with van der Waals surface area (Å²) in [5.74, 6) is 0.970. The molecule has 21 heavy (non-hydrogen) atoms. The molecular weight excluding hydrogens is 282 g/mol. The highest BCUT2D eigenvalue weighted by atomic mass is 35.5. The standard InChI is InChI=1S/C18H30ClNO/c1-6-14(2)20-11-7-8-12-21-17-10-9-15(19)13-16(17)18(3,4)5/h9-10,13-14,20H,6-8,11-12H2,1-5H3/p+1/t14-/m1/s1. The molecule has 0 fully saturated rings. The number of halogens is 1. The second-order valence-corrected chi connectivity index (χ2v) is 7.29. The van der Waals surface area contributed by atoms with Crippen molar-refractivity contribution in [1.29, 1.82) is 0 Å². The third kappa shape index (κ3) is 6.71. The molecule has 0 saturated heterocycles. The van der Waals surface area contributed by atoms with E-state index in [0.717, 1.165) is 29.8 Å². The molecule has 0 unspecified atom stereocenters. The normalized spacial score (nSPS) is 13.2. The number of quaternary nitrogens is 1. The third-order valence-corrected chi connectivity index (χ3v) is 4.05. The molecule has 0 aliphatic heterocycles. The molecule has 1 aromatic rings. The predicted molar refractivity (Wildman–Crippen MR) is 91.4 cm³/mol. The Labute approximate surface area is 135 Å². The summed E-state index contributed by atoms with van der Waals surface area (Å²) in [5.41, 5.74) is 1.23. The molecule has 0 aliphatic carbocycles. The van der Waals surface area contributed by atoms with Gasteiger partial charge in [0.1, 0.15) is 5.75 Å². The highest BCUT2D eigenvalue weighted by Gasteiger charge is 2.19. The van der Waals surface area contributed by atoms with Crippen LogP contribution < -0.4 is 10.1 Å². The van der Waals surface area contributed by atoms with E-state index in [1.165, 1.54) is 24.9 Å². The lowest BCUT2D eigenvalue weighted by Gasteiger charge is -2.23. The van der Waals surface area contributed by atoms with Gasteiger partial charge in [0, 0.05) is 10.6 Å². The van der Waals surface area contributed by atoms with Gasteiger partial charge in [-0.25, -0.2) is 0 Å². The first-order valence-electron chi connectivity index (χ1n) is 8.10. The van der Waals surface area contributed by atoms with E-state index in [0.29, 0.717) is 0 Å². The molecule has 0 bridgehead atoms. The minimum Gasteiger partial charge on any atom is -0.493 e. The Morgan fingerprint density at radius 3 is 2.57 bits per heavy atom. The van der Waals surface area contributed by atoms with E-state index < -0.39 is 0 Å². The molecule has 0 spiro atoms. The maximum absolute atomic E-state index is 6.11. The quantitative estimate of drug-likeness (QED) is 0.717. The van der Waals surface area contributed by atoms with Crippen LogP contribution in [0, 0.1) is 0 Å². The first kappa shape index (κ1) is 18.3. The molecule has 2 N–H and O–H groups in total. The monoisotopic (exact) mass is 312 g/mol. The van der Waals surface area contributed by atoms with Gasteiger partial charge in [-0.15, -0.1) is 0 Å². The van der Waals surface area contributed by atoms with Gasteiger partial charge in [0.05, 0.1) is 19.2 Å². The molecular formula is C18H31ClNO+. The van der Waals surface area contributed by atoms with E-state index in [4.69, 9.17) is 16.3 Å². The molecule has 1 rings (SSSR count). The van der Waals surface area contributed by atoms with Crippen molar-refractivity contribution in [2.45, 2.75) is 65.3 Å². The maximum Gasteiger partial charge on any atom is 0.123 e. The molecule has 1 atom stereocenters. The van der Waals surface area contributed by atoms with E-state index in [2.05, 4.69) is 39.9 Å². The van der Waals surface area contributed by atoms with Crippen molar-refractivity contribution < 1.29 is 10.1 Å². The summed E-state index contributed by atoms with van der Waals surface area (Å²) in [6.07, 6.45) is 3.53. The van der Waals surface area contributed by atoms with Gasteiger partial charge in [0.15, 0.2) is 0 Å². The Bertz CT molecular complexity index is 426. The minimum atomic E-state index is 0.0462. The Balaban J connectivity index is 2.42. The average Bonchev–Trinajstić information content (AvgIpc) is 2.42. The number of hydrogen-bond donors (Lipinski definition) is 1. The van der Waals surface area contributed by atoms with E-state index in [-0.39, 0.29) is 5.41 Å². The lowest BCUT2D eigenvalue weighted by molar-refractivity contribution is -0.686. The highest BCUT2D eigenvalue weighted by Crippen LogP contribution is 2.33. The van der Waals surface area contributed by atoms with Crippen LogP contribution in [0.25, 0.3) is 0 Å². The van der Waals surface area contributed by atoms with E-state index in [9.17, 15) is 0 Å². The molecule has 0 radical (unpaired) electrons. The van der Waals surface area contributed by atoms with Crippen LogP contribution in [0.3, 0.4) is 0 Å². The van der Waals surface area contributed by atoms with Crippen LogP contribution in [0.5, 0.6) is 5.75 Å². The van der Waals surface area contributed by atoms with Crippen LogP contribution in [-0.2, 0) is 5.41 Å². The number of unbranched alkanes of at least 4 members (excludes halogenated alkanes) is 1. The van der Waals surface area contributed by atoms with Crippen LogP contribution in [0.4, 0.5) is 0 Å². The number of ether oxygens (including phenoxy) is 1. The predicted octanol–water partition coefficient (Wildman–Crippen LogP) is 4.16. The second kappa shape index (κ2) is 8.65. The topological polar surface area (TPSA) is 25.8 Å². The van der Waals surface area contributed by atoms with Crippen molar-refractivity contribution in [3.63, 3.8) is 0 Å². The summed E-state index contributed by atoms with van der Waals surface area (Å²) in [6.45, 7) is 13.0.